The topological polar surface area (TPSA) is 129 Å². The van der Waals surface area contributed by atoms with E-state index < -0.39 is 37.6 Å². The maximum Gasteiger partial charge on any atom is 0.251 e. The molecular weight excluding hydrogens is 534 g/mol. The molecule has 9 nitrogen and oxygen atoms in total. The molecule has 218 valence electrons. The van der Waals surface area contributed by atoms with E-state index >= 15 is 0 Å². The fourth-order valence-corrected chi connectivity index (χ4v) is 7.28. The van der Waals surface area contributed by atoms with Crippen LogP contribution in [0.2, 0.25) is 0 Å². The molecule has 0 atom stereocenters. The minimum absolute atomic E-state index is 0.218. The summed E-state index contributed by atoms with van der Waals surface area (Å²) in [5.41, 5.74) is 3.82. The molecule has 0 radical (unpaired) electrons. The Balaban J connectivity index is 2.48. The van der Waals surface area contributed by atoms with Crippen LogP contribution in [0.25, 0.3) is 5.57 Å². The van der Waals surface area contributed by atoms with Crippen molar-refractivity contribution in [2.45, 2.75) is 67.7 Å². The molecule has 0 saturated carbocycles. The highest BCUT2D eigenvalue weighted by atomic mass is 16.6. The van der Waals surface area contributed by atoms with Crippen molar-refractivity contribution in [3.8, 4) is 0 Å². The minimum Gasteiger partial charge on any atom is -0.277 e. The molecule has 0 amide bonds. The molecule has 1 aliphatic carbocycles. The van der Waals surface area contributed by atoms with Crippen molar-refractivity contribution in [3.63, 3.8) is 0 Å². The summed E-state index contributed by atoms with van der Waals surface area (Å²) in [4.78, 5) is 37.2. The molecule has 42 heavy (non-hydrogen) atoms. The van der Waals surface area contributed by atoms with Gasteiger partial charge in [-0.1, -0.05) is 59.2 Å². The van der Waals surface area contributed by atoms with E-state index in [1.165, 1.54) is 0 Å². The Morgan fingerprint density at radius 2 is 0.929 bits per heavy atom. The standard InChI is InChI=1S/C33H34N3O6/c1-17-10-20(4)28(21(5)11-17)29-26(34(37)38)16-27(35(39)40)33(32(29)36(41)42,30-22(6)12-18(2)13-23(30)7)31-24(8)14-19(3)15-25(31)9/h10-16H,1-9H3/q-1. The van der Waals surface area contributed by atoms with Crippen LogP contribution in [-0.2, 0) is 5.41 Å². The number of nitrogens with zero attached hydrogens (tertiary/aromatic N) is 3. The second-order valence-electron chi connectivity index (χ2n) is 11.5. The van der Waals surface area contributed by atoms with Gasteiger partial charge in [0.25, 0.3) is 5.70 Å². The molecule has 0 saturated heterocycles. The van der Waals surface area contributed by atoms with Crippen LogP contribution in [0.15, 0.2) is 53.9 Å². The molecule has 0 heterocycles. The van der Waals surface area contributed by atoms with Crippen LogP contribution in [0.5, 0.6) is 0 Å². The number of aryl methyl sites for hydroxylation is 9. The van der Waals surface area contributed by atoms with E-state index in [9.17, 15) is 30.3 Å². The first-order chi connectivity index (χ1) is 19.5. The van der Waals surface area contributed by atoms with E-state index in [0.717, 1.165) is 22.8 Å². The molecule has 0 bridgehead atoms. The van der Waals surface area contributed by atoms with Crippen molar-refractivity contribution in [3.05, 3.63) is 157 Å². The maximum absolute atomic E-state index is 13.6. The summed E-state index contributed by atoms with van der Waals surface area (Å²) in [6.45, 7) is 16.2. The van der Waals surface area contributed by atoms with Gasteiger partial charge in [0, 0.05) is 5.57 Å². The van der Waals surface area contributed by atoms with Crippen molar-refractivity contribution in [2.24, 2.45) is 0 Å². The first-order valence-corrected chi connectivity index (χ1v) is 13.6. The summed E-state index contributed by atoms with van der Waals surface area (Å²) < 4.78 is 0. The molecule has 1 aliphatic rings. The monoisotopic (exact) mass is 568 g/mol. The van der Waals surface area contributed by atoms with Crippen molar-refractivity contribution in [2.75, 3.05) is 0 Å². The van der Waals surface area contributed by atoms with E-state index in [2.05, 4.69) is 0 Å². The van der Waals surface area contributed by atoms with Gasteiger partial charge in [-0.25, -0.2) is 0 Å². The van der Waals surface area contributed by atoms with Crippen molar-refractivity contribution < 1.29 is 14.8 Å². The lowest BCUT2D eigenvalue weighted by atomic mass is 9.58. The first-order valence-electron chi connectivity index (χ1n) is 13.6. The highest BCUT2D eigenvalue weighted by Gasteiger charge is 2.60. The van der Waals surface area contributed by atoms with Crippen molar-refractivity contribution >= 4 is 5.57 Å². The van der Waals surface area contributed by atoms with Gasteiger partial charge < -0.3 is 0 Å². The Kier molecular flexibility index (Phi) is 7.58. The van der Waals surface area contributed by atoms with E-state index in [1.807, 2.05) is 57.2 Å². The van der Waals surface area contributed by atoms with Gasteiger partial charge >= 0.3 is 0 Å². The zero-order chi connectivity index (χ0) is 31.4. The van der Waals surface area contributed by atoms with Crippen LogP contribution in [0, 0.1) is 98.7 Å². The number of allylic oxidation sites excluding steroid dienone is 1. The zero-order valence-corrected chi connectivity index (χ0v) is 25.3. The minimum atomic E-state index is -2.07. The molecule has 0 spiro atoms. The molecule has 4 rings (SSSR count). The second-order valence-corrected chi connectivity index (χ2v) is 11.5. The molecule has 9 heteroatoms. The Hall–Kier alpha value is -4.79. The Morgan fingerprint density at radius 1 is 0.571 bits per heavy atom. The predicted octanol–water partition coefficient (Wildman–Crippen LogP) is 7.42. The van der Waals surface area contributed by atoms with Gasteiger partial charge in [-0.15, -0.1) is 0 Å². The summed E-state index contributed by atoms with van der Waals surface area (Å²) in [5.74, 6) is 0. The Bertz CT molecular complexity index is 1640. The van der Waals surface area contributed by atoms with Gasteiger partial charge in [-0.3, -0.25) is 30.3 Å². The number of benzene rings is 3. The second kappa shape index (κ2) is 10.6. The lowest BCUT2D eigenvalue weighted by Gasteiger charge is -2.44. The van der Waals surface area contributed by atoms with E-state index in [0.29, 0.717) is 50.1 Å². The highest BCUT2D eigenvalue weighted by molar-refractivity contribution is 5.88. The van der Waals surface area contributed by atoms with Crippen LogP contribution in [0.1, 0.15) is 66.8 Å². The van der Waals surface area contributed by atoms with E-state index in [1.54, 1.807) is 41.5 Å². The number of rotatable bonds is 6. The van der Waals surface area contributed by atoms with Gasteiger partial charge in [0.15, 0.2) is 0 Å². The van der Waals surface area contributed by atoms with Crippen LogP contribution < -0.4 is 0 Å². The molecule has 0 fully saturated rings. The average molecular weight is 569 g/mol. The fourth-order valence-electron chi connectivity index (χ4n) is 7.28. The normalized spacial score (nSPS) is 14.6. The molecule has 0 aliphatic heterocycles. The molecule has 3 aromatic carbocycles. The van der Waals surface area contributed by atoms with Gasteiger partial charge in [0.1, 0.15) is 17.2 Å². The van der Waals surface area contributed by atoms with Crippen molar-refractivity contribution in [1.82, 2.24) is 0 Å². The smallest absolute Gasteiger partial charge is 0.251 e. The van der Waals surface area contributed by atoms with Crippen molar-refractivity contribution in [1.29, 1.82) is 0 Å². The molecule has 3 aromatic rings. The van der Waals surface area contributed by atoms with Gasteiger partial charge in [-0.05, 0) is 122 Å². The van der Waals surface area contributed by atoms with Crippen LogP contribution in [-0.4, -0.2) is 14.8 Å². The van der Waals surface area contributed by atoms with Crippen LogP contribution >= 0.6 is 0 Å². The lowest BCUT2D eigenvalue weighted by Crippen LogP contribution is -2.47. The summed E-state index contributed by atoms with van der Waals surface area (Å²) in [6, 6.07) is 10.4. The third kappa shape index (κ3) is 4.55. The molecular formula is C33H34N3O6-. The number of nitro groups is 3. The number of hydrogen-bond acceptors (Lipinski definition) is 6. The summed E-state index contributed by atoms with van der Waals surface area (Å²) in [7, 11) is 0. The maximum atomic E-state index is 13.6. The highest BCUT2D eigenvalue weighted by Crippen LogP contribution is 2.58. The molecule has 0 N–H and O–H groups in total. The number of hydrogen-bond donors (Lipinski definition) is 0. The Labute approximate surface area is 245 Å². The third-order valence-corrected chi connectivity index (χ3v) is 8.11. The molecule has 0 aromatic heterocycles. The lowest BCUT2D eigenvalue weighted by molar-refractivity contribution is -0.488. The Morgan fingerprint density at radius 3 is 1.24 bits per heavy atom. The average Bonchev–Trinajstić information content (AvgIpc) is 2.81. The predicted molar refractivity (Wildman–Crippen MR) is 162 cm³/mol. The fraction of sp³-hybridized carbons (Fsp3) is 0.303. The zero-order valence-electron chi connectivity index (χ0n) is 25.3. The van der Waals surface area contributed by atoms with Crippen LogP contribution in [0.4, 0.5) is 0 Å². The summed E-state index contributed by atoms with van der Waals surface area (Å²) in [5, 5.41) is 39.3. The SMILES string of the molecule is Cc1cc(C)c(C2=C([N+](=O)[O-])C(c3c(C)cc(C)cc3C)(c3c(C)cc(C)cc3C)[C-]([N+](=O)[O-])C=C2[N+](=O)[O-])c(C)c1. The van der Waals surface area contributed by atoms with Crippen LogP contribution in [0.3, 0.4) is 0 Å². The quantitative estimate of drug-likeness (QED) is 0.173. The third-order valence-electron chi connectivity index (χ3n) is 8.11. The first kappa shape index (κ1) is 30.2. The molecule has 0 unspecified atom stereocenters. The van der Waals surface area contributed by atoms with Gasteiger partial charge in [0.05, 0.1) is 4.92 Å². The summed E-state index contributed by atoms with van der Waals surface area (Å²) in [6.07, 6.45) is 0.943. The van der Waals surface area contributed by atoms with E-state index in [-0.39, 0.29) is 5.57 Å². The largest absolute Gasteiger partial charge is 0.277 e. The van der Waals surface area contributed by atoms with Gasteiger partial charge in [-0.2, -0.15) is 0 Å². The van der Waals surface area contributed by atoms with Gasteiger partial charge in [0.2, 0.25) is 0 Å². The summed E-state index contributed by atoms with van der Waals surface area (Å²) >= 11 is 0. The van der Waals surface area contributed by atoms with E-state index in [4.69, 9.17) is 0 Å².